The highest BCUT2D eigenvalue weighted by Crippen LogP contribution is 2.20. The Bertz CT molecular complexity index is 618. The highest BCUT2D eigenvalue weighted by atomic mass is 32.2. The van der Waals surface area contributed by atoms with Crippen molar-refractivity contribution in [2.75, 3.05) is 5.75 Å². The van der Waals surface area contributed by atoms with Gasteiger partial charge in [-0.1, -0.05) is 17.8 Å². The molecule has 0 bridgehead atoms. The zero-order valence-corrected chi connectivity index (χ0v) is 8.57. The van der Waals surface area contributed by atoms with Crippen LogP contribution in [0.4, 0.5) is 0 Å². The summed E-state index contributed by atoms with van der Waals surface area (Å²) in [6.07, 6.45) is 6.96. The molecule has 2 aromatic heterocycles. The van der Waals surface area contributed by atoms with Gasteiger partial charge in [0.2, 0.25) is 0 Å². The van der Waals surface area contributed by atoms with Crippen molar-refractivity contribution in [1.82, 2.24) is 14.5 Å². The van der Waals surface area contributed by atoms with Crippen molar-refractivity contribution in [3.05, 3.63) is 34.9 Å². The zero-order chi connectivity index (χ0) is 10.3. The Labute approximate surface area is 89.7 Å². The standard InChI is InChI=1S/C10H7N3OS/c14-9-7-2-3-11-6-8(7)12-10-13(9)4-1-5-15-10/h1-4,6H,5H2. The molecular formula is C10H7N3OS. The summed E-state index contributed by atoms with van der Waals surface area (Å²) in [7, 11) is 0. The highest BCUT2D eigenvalue weighted by Gasteiger charge is 2.11. The molecule has 0 radical (unpaired) electrons. The second-order valence-electron chi connectivity index (χ2n) is 3.16. The molecule has 74 valence electrons. The molecule has 0 unspecified atom stereocenters. The van der Waals surface area contributed by atoms with Gasteiger partial charge in [-0.05, 0) is 6.07 Å². The normalized spacial score (nSPS) is 14.1. The molecule has 0 atom stereocenters. The van der Waals surface area contributed by atoms with E-state index in [9.17, 15) is 4.79 Å². The average molecular weight is 217 g/mol. The summed E-state index contributed by atoms with van der Waals surface area (Å²) in [5.41, 5.74) is 0.636. The maximum atomic E-state index is 12.0. The molecule has 3 heterocycles. The van der Waals surface area contributed by atoms with Gasteiger partial charge in [0, 0.05) is 18.1 Å². The van der Waals surface area contributed by atoms with Crippen LogP contribution in [-0.2, 0) is 0 Å². The maximum absolute atomic E-state index is 12.0. The molecule has 0 saturated heterocycles. The van der Waals surface area contributed by atoms with E-state index in [1.54, 1.807) is 41.0 Å². The van der Waals surface area contributed by atoms with Crippen LogP contribution < -0.4 is 5.56 Å². The monoisotopic (exact) mass is 217 g/mol. The molecule has 15 heavy (non-hydrogen) atoms. The topological polar surface area (TPSA) is 47.8 Å². The van der Waals surface area contributed by atoms with Crippen LogP contribution in [-0.4, -0.2) is 20.3 Å². The Morgan fingerprint density at radius 1 is 1.47 bits per heavy atom. The quantitative estimate of drug-likeness (QED) is 0.625. The number of aromatic nitrogens is 3. The molecule has 1 aliphatic rings. The Balaban J connectivity index is 2.48. The SMILES string of the molecule is O=c1c2ccncc2nc2n1C=CCS2. The fourth-order valence-corrected chi connectivity index (χ4v) is 2.31. The van der Waals surface area contributed by atoms with Gasteiger partial charge in [-0.25, -0.2) is 4.98 Å². The van der Waals surface area contributed by atoms with Crippen molar-refractivity contribution in [3.63, 3.8) is 0 Å². The first-order valence-electron chi connectivity index (χ1n) is 4.52. The molecule has 0 saturated carbocycles. The molecule has 1 aliphatic heterocycles. The van der Waals surface area contributed by atoms with E-state index < -0.39 is 0 Å². The number of hydrogen-bond acceptors (Lipinski definition) is 4. The Morgan fingerprint density at radius 3 is 3.33 bits per heavy atom. The molecule has 0 aromatic carbocycles. The molecule has 2 aromatic rings. The lowest BCUT2D eigenvalue weighted by Crippen LogP contribution is -2.20. The van der Waals surface area contributed by atoms with Crippen LogP contribution in [0.1, 0.15) is 0 Å². The van der Waals surface area contributed by atoms with Crippen molar-refractivity contribution in [2.24, 2.45) is 0 Å². The Hall–Kier alpha value is -1.62. The summed E-state index contributed by atoms with van der Waals surface area (Å²) in [5.74, 6) is 0.859. The van der Waals surface area contributed by atoms with Crippen LogP contribution >= 0.6 is 11.8 Å². The van der Waals surface area contributed by atoms with Gasteiger partial charge in [0.05, 0.1) is 17.1 Å². The molecule has 0 aliphatic carbocycles. The van der Waals surface area contributed by atoms with Crippen LogP contribution in [0.3, 0.4) is 0 Å². The molecule has 3 rings (SSSR count). The molecular weight excluding hydrogens is 210 g/mol. The Kier molecular flexibility index (Phi) is 1.85. The smallest absolute Gasteiger partial charge is 0.266 e. The van der Waals surface area contributed by atoms with Crippen molar-refractivity contribution < 1.29 is 0 Å². The number of thioether (sulfide) groups is 1. The predicted molar refractivity (Wildman–Crippen MR) is 59.9 cm³/mol. The molecule has 0 N–H and O–H groups in total. The van der Waals surface area contributed by atoms with Crippen LogP contribution in [0.5, 0.6) is 0 Å². The van der Waals surface area contributed by atoms with Gasteiger partial charge in [-0.3, -0.25) is 14.3 Å². The van der Waals surface area contributed by atoms with E-state index in [4.69, 9.17) is 0 Å². The Morgan fingerprint density at radius 2 is 2.40 bits per heavy atom. The third-order valence-corrected chi connectivity index (χ3v) is 3.14. The molecule has 0 amide bonds. The summed E-state index contributed by atoms with van der Waals surface area (Å²) in [6.45, 7) is 0. The van der Waals surface area contributed by atoms with Crippen molar-refractivity contribution in [3.8, 4) is 0 Å². The molecule has 4 nitrogen and oxygen atoms in total. The highest BCUT2D eigenvalue weighted by molar-refractivity contribution is 7.99. The van der Waals surface area contributed by atoms with E-state index in [1.807, 2.05) is 6.08 Å². The van der Waals surface area contributed by atoms with Gasteiger partial charge >= 0.3 is 0 Å². The molecule has 0 fully saturated rings. The molecule has 0 spiro atoms. The summed E-state index contributed by atoms with van der Waals surface area (Å²) in [6, 6.07) is 1.70. The first kappa shape index (κ1) is 8.67. The minimum absolute atomic E-state index is 0.0270. The van der Waals surface area contributed by atoms with E-state index in [2.05, 4.69) is 9.97 Å². The van der Waals surface area contributed by atoms with Crippen molar-refractivity contribution in [2.45, 2.75) is 5.16 Å². The number of fused-ring (bicyclic) bond motifs is 2. The summed E-state index contributed by atoms with van der Waals surface area (Å²) >= 11 is 1.55. The van der Waals surface area contributed by atoms with E-state index in [-0.39, 0.29) is 5.56 Å². The van der Waals surface area contributed by atoms with Gasteiger partial charge in [-0.15, -0.1) is 0 Å². The van der Waals surface area contributed by atoms with Crippen LogP contribution in [0.2, 0.25) is 0 Å². The number of pyridine rings is 1. The molecule has 5 heteroatoms. The van der Waals surface area contributed by atoms with Gasteiger partial charge in [0.15, 0.2) is 5.16 Å². The fraction of sp³-hybridized carbons (Fsp3) is 0.100. The minimum Gasteiger partial charge on any atom is -0.268 e. The van der Waals surface area contributed by atoms with Crippen LogP contribution in [0, 0.1) is 0 Å². The first-order chi connectivity index (χ1) is 7.36. The van der Waals surface area contributed by atoms with E-state index in [1.165, 1.54) is 0 Å². The van der Waals surface area contributed by atoms with E-state index >= 15 is 0 Å². The predicted octanol–water partition coefficient (Wildman–Crippen LogP) is 1.37. The number of hydrogen-bond donors (Lipinski definition) is 0. The van der Waals surface area contributed by atoms with Crippen LogP contribution in [0.15, 0.2) is 34.5 Å². The van der Waals surface area contributed by atoms with E-state index in [0.717, 1.165) is 10.9 Å². The number of nitrogens with zero attached hydrogens (tertiary/aromatic N) is 3. The summed E-state index contributed by atoms with van der Waals surface area (Å²) < 4.78 is 1.58. The minimum atomic E-state index is -0.0270. The lowest BCUT2D eigenvalue weighted by molar-refractivity contribution is 0.854. The van der Waals surface area contributed by atoms with Crippen molar-refractivity contribution in [1.29, 1.82) is 0 Å². The second kappa shape index (κ2) is 3.20. The van der Waals surface area contributed by atoms with E-state index in [0.29, 0.717) is 10.9 Å². The lowest BCUT2D eigenvalue weighted by Gasteiger charge is -2.11. The van der Waals surface area contributed by atoms with Crippen LogP contribution in [0.25, 0.3) is 17.1 Å². The fourth-order valence-electron chi connectivity index (χ4n) is 1.53. The second-order valence-corrected chi connectivity index (χ2v) is 4.15. The van der Waals surface area contributed by atoms with Gasteiger partial charge < -0.3 is 0 Å². The third kappa shape index (κ3) is 1.27. The lowest BCUT2D eigenvalue weighted by atomic mass is 10.3. The average Bonchev–Trinajstić information content (AvgIpc) is 2.30. The van der Waals surface area contributed by atoms with Crippen molar-refractivity contribution >= 4 is 28.9 Å². The van der Waals surface area contributed by atoms with Gasteiger partial charge in [-0.2, -0.15) is 0 Å². The van der Waals surface area contributed by atoms with Gasteiger partial charge in [0.1, 0.15) is 0 Å². The number of rotatable bonds is 0. The maximum Gasteiger partial charge on any atom is 0.266 e. The van der Waals surface area contributed by atoms with Gasteiger partial charge in [0.25, 0.3) is 5.56 Å². The third-order valence-electron chi connectivity index (χ3n) is 2.23. The first-order valence-corrected chi connectivity index (χ1v) is 5.50. The zero-order valence-electron chi connectivity index (χ0n) is 7.75. The summed E-state index contributed by atoms with van der Waals surface area (Å²) in [4.78, 5) is 20.4. The largest absolute Gasteiger partial charge is 0.268 e. The summed E-state index contributed by atoms with van der Waals surface area (Å²) in [5, 5.41) is 1.35.